The monoisotopic (exact) mass is 536 g/mol. The highest BCUT2D eigenvalue weighted by molar-refractivity contribution is 6.32. The molecule has 36 heavy (non-hydrogen) atoms. The number of imidazole rings is 1. The summed E-state index contributed by atoms with van der Waals surface area (Å²) in [5.74, 6) is 0.114. The molecule has 1 N–H and O–H groups in total. The van der Waals surface area contributed by atoms with Crippen LogP contribution in [0.2, 0.25) is 10.2 Å². The smallest absolute Gasteiger partial charge is 0.435 e. The fraction of sp³-hybridized carbons (Fsp3) is 0.240. The van der Waals surface area contributed by atoms with Gasteiger partial charge in [-0.15, -0.1) is 0 Å². The van der Waals surface area contributed by atoms with Crippen molar-refractivity contribution >= 4 is 29.2 Å². The van der Waals surface area contributed by atoms with Gasteiger partial charge in [0.2, 0.25) is 0 Å². The van der Waals surface area contributed by atoms with E-state index in [1.165, 1.54) is 24.3 Å². The van der Waals surface area contributed by atoms with Crippen LogP contribution in [-0.4, -0.2) is 25.7 Å². The van der Waals surface area contributed by atoms with Crippen LogP contribution in [-0.2, 0) is 23.9 Å². The Labute approximate surface area is 215 Å². The van der Waals surface area contributed by atoms with E-state index in [1.54, 1.807) is 24.3 Å². The van der Waals surface area contributed by atoms with E-state index in [0.29, 0.717) is 16.9 Å². The number of aryl methyl sites for hydroxylation is 1. The number of aromatic amines is 1. The molecule has 0 aliphatic rings. The number of nitrogens with zero attached hydrogens (tertiary/aromatic N) is 3. The first kappa shape index (κ1) is 25.8. The number of hydrogen-bond donors (Lipinski definition) is 1. The molecule has 0 fully saturated rings. The zero-order valence-electron chi connectivity index (χ0n) is 19.1. The van der Waals surface area contributed by atoms with Gasteiger partial charge in [-0.25, -0.2) is 14.5 Å². The molecule has 4 rings (SSSR count). The molecule has 0 spiro atoms. The lowest BCUT2D eigenvalue weighted by molar-refractivity contribution is -0.141. The molecular formula is C25H21Cl2F3N4O2. The minimum absolute atomic E-state index is 0.0905. The first-order valence-corrected chi connectivity index (χ1v) is 11.9. The van der Waals surface area contributed by atoms with E-state index in [1.807, 2.05) is 0 Å². The average molecular weight is 537 g/mol. The van der Waals surface area contributed by atoms with Crippen LogP contribution in [0.4, 0.5) is 13.2 Å². The highest BCUT2D eigenvalue weighted by atomic mass is 35.5. The molecule has 2 aromatic heterocycles. The van der Waals surface area contributed by atoms with Crippen molar-refractivity contribution in [3.63, 3.8) is 0 Å². The molecule has 4 aromatic rings. The van der Waals surface area contributed by atoms with Gasteiger partial charge >= 0.3 is 12.1 Å². The van der Waals surface area contributed by atoms with Crippen LogP contribution >= 0.6 is 23.2 Å². The molecule has 0 aliphatic heterocycles. The number of unbranched alkanes of at least 4 members (excludes halogenated alkanes) is 1. The zero-order valence-corrected chi connectivity index (χ0v) is 20.6. The maximum absolute atomic E-state index is 13.4. The van der Waals surface area contributed by atoms with Gasteiger partial charge in [0.05, 0.1) is 27.7 Å². The maximum atomic E-state index is 13.4. The third-order valence-electron chi connectivity index (χ3n) is 5.39. The number of hydrogen-bond acceptors (Lipinski definition) is 4. The van der Waals surface area contributed by atoms with Crippen molar-refractivity contribution in [2.45, 2.75) is 39.0 Å². The molecular weight excluding hydrogens is 516 g/mol. The van der Waals surface area contributed by atoms with Gasteiger partial charge in [0.1, 0.15) is 12.4 Å². The number of ether oxygens (including phenoxy) is 1. The molecule has 188 valence electrons. The first-order chi connectivity index (χ1) is 17.2. The third kappa shape index (κ3) is 5.74. The number of esters is 1. The lowest BCUT2D eigenvalue weighted by Gasteiger charge is -2.10. The number of carbonyl (C=O) groups is 1. The van der Waals surface area contributed by atoms with Gasteiger partial charge in [0.25, 0.3) is 0 Å². The Morgan fingerprint density at radius 3 is 2.50 bits per heavy atom. The van der Waals surface area contributed by atoms with Crippen LogP contribution in [0, 0.1) is 0 Å². The second kappa shape index (κ2) is 10.8. The summed E-state index contributed by atoms with van der Waals surface area (Å²) in [6.07, 6.45) is -1.94. The summed E-state index contributed by atoms with van der Waals surface area (Å²) in [7, 11) is 0. The molecule has 2 heterocycles. The van der Waals surface area contributed by atoms with Crippen LogP contribution in [0.5, 0.6) is 0 Å². The van der Waals surface area contributed by atoms with Crippen LogP contribution in [0.15, 0.2) is 54.6 Å². The quantitative estimate of drug-likeness (QED) is 0.240. The summed E-state index contributed by atoms with van der Waals surface area (Å²) < 4.78 is 46.7. The van der Waals surface area contributed by atoms with Crippen molar-refractivity contribution in [2.75, 3.05) is 0 Å². The third-order valence-corrected chi connectivity index (χ3v) is 6.02. The summed E-state index contributed by atoms with van der Waals surface area (Å²) in [6, 6.07) is 13.4. The zero-order chi connectivity index (χ0) is 25.9. The summed E-state index contributed by atoms with van der Waals surface area (Å²) in [6.45, 7) is 1.98. The van der Waals surface area contributed by atoms with Crippen molar-refractivity contribution in [3.05, 3.63) is 87.5 Å². The van der Waals surface area contributed by atoms with Gasteiger partial charge < -0.3 is 9.72 Å². The first-order valence-electron chi connectivity index (χ1n) is 11.1. The number of benzene rings is 2. The number of rotatable bonds is 8. The number of para-hydroxylation sites is 1. The Morgan fingerprint density at radius 2 is 1.83 bits per heavy atom. The molecule has 0 atom stereocenters. The lowest BCUT2D eigenvalue weighted by Crippen LogP contribution is -2.07. The van der Waals surface area contributed by atoms with Crippen molar-refractivity contribution in [1.82, 2.24) is 19.7 Å². The Hall–Kier alpha value is -3.30. The molecule has 0 radical (unpaired) electrons. The summed E-state index contributed by atoms with van der Waals surface area (Å²) in [4.78, 5) is 19.8. The largest absolute Gasteiger partial charge is 0.456 e. The topological polar surface area (TPSA) is 72.8 Å². The number of aromatic nitrogens is 4. The Morgan fingerprint density at radius 1 is 1.11 bits per heavy atom. The number of carbonyl (C=O) groups excluding carboxylic acids is 1. The minimum atomic E-state index is -4.64. The van der Waals surface area contributed by atoms with Crippen LogP contribution in [0.1, 0.15) is 47.3 Å². The molecule has 0 amide bonds. The van der Waals surface area contributed by atoms with Gasteiger partial charge in [-0.1, -0.05) is 60.8 Å². The second-order valence-corrected chi connectivity index (χ2v) is 8.75. The van der Waals surface area contributed by atoms with Gasteiger partial charge in [0.15, 0.2) is 10.8 Å². The Balaban J connectivity index is 1.54. The molecule has 0 unspecified atom stereocenters. The van der Waals surface area contributed by atoms with E-state index in [-0.39, 0.29) is 28.0 Å². The highest BCUT2D eigenvalue weighted by Gasteiger charge is 2.35. The van der Waals surface area contributed by atoms with E-state index in [9.17, 15) is 18.0 Å². The molecule has 0 bridgehead atoms. The second-order valence-electron chi connectivity index (χ2n) is 7.99. The lowest BCUT2D eigenvalue weighted by atomic mass is 10.1. The predicted octanol–water partition coefficient (Wildman–Crippen LogP) is 7.29. The van der Waals surface area contributed by atoms with E-state index < -0.39 is 17.8 Å². The molecule has 2 aromatic carbocycles. The number of H-pyrrole nitrogens is 1. The fourth-order valence-electron chi connectivity index (χ4n) is 3.53. The molecule has 0 aliphatic carbocycles. The maximum Gasteiger partial charge on any atom is 0.435 e. The normalized spacial score (nSPS) is 11.6. The van der Waals surface area contributed by atoms with Crippen molar-refractivity contribution in [3.8, 4) is 16.9 Å². The molecule has 11 heteroatoms. The number of halogens is 5. The number of nitrogens with one attached hydrogen (secondary N) is 1. The van der Waals surface area contributed by atoms with Gasteiger partial charge in [-0.05, 0) is 36.8 Å². The highest BCUT2D eigenvalue weighted by Crippen LogP contribution is 2.34. The van der Waals surface area contributed by atoms with Crippen molar-refractivity contribution in [2.24, 2.45) is 0 Å². The number of alkyl halides is 3. The van der Waals surface area contributed by atoms with Crippen molar-refractivity contribution in [1.29, 1.82) is 0 Å². The molecule has 6 nitrogen and oxygen atoms in total. The van der Waals surface area contributed by atoms with Crippen LogP contribution in [0.25, 0.3) is 16.9 Å². The van der Waals surface area contributed by atoms with E-state index in [0.717, 1.165) is 35.8 Å². The standard InChI is InChI=1S/C25H21Cl2F3N4O2/c1-2-3-8-22-31-18(23(27)32-22)14-36-24(35)16-11-9-15(10-12-16)20-13-21(25(28,29)30)33-34(20)19-7-5-4-6-17(19)26/h4-7,9-13H,2-3,8,14H2,1H3,(H,31,32). The predicted molar refractivity (Wildman–Crippen MR) is 130 cm³/mol. The van der Waals surface area contributed by atoms with Gasteiger partial charge in [0, 0.05) is 12.0 Å². The van der Waals surface area contributed by atoms with Gasteiger partial charge in [-0.3, -0.25) is 0 Å². The van der Waals surface area contributed by atoms with E-state index in [2.05, 4.69) is 22.0 Å². The molecule has 0 saturated carbocycles. The van der Waals surface area contributed by atoms with E-state index >= 15 is 0 Å². The summed E-state index contributed by atoms with van der Waals surface area (Å²) in [5, 5.41) is 4.22. The summed E-state index contributed by atoms with van der Waals surface area (Å²) >= 11 is 12.3. The van der Waals surface area contributed by atoms with E-state index in [4.69, 9.17) is 27.9 Å². The van der Waals surface area contributed by atoms with Crippen LogP contribution < -0.4 is 0 Å². The SMILES string of the molecule is CCCCc1nc(Cl)c(COC(=O)c2ccc(-c3cc(C(F)(F)F)nn3-c3ccccc3Cl)cc2)[nH]1. The molecule has 0 saturated heterocycles. The van der Waals surface area contributed by atoms with Gasteiger partial charge in [-0.2, -0.15) is 18.3 Å². The Kier molecular flexibility index (Phi) is 7.70. The van der Waals surface area contributed by atoms with Crippen molar-refractivity contribution < 1.29 is 22.7 Å². The fourth-order valence-corrected chi connectivity index (χ4v) is 3.95. The summed E-state index contributed by atoms with van der Waals surface area (Å²) in [5.41, 5.74) is 0.529. The Bertz CT molecular complexity index is 1360. The minimum Gasteiger partial charge on any atom is -0.456 e. The average Bonchev–Trinajstić information content (AvgIpc) is 3.45. The van der Waals surface area contributed by atoms with Crippen LogP contribution in [0.3, 0.4) is 0 Å².